The van der Waals surface area contributed by atoms with Gasteiger partial charge in [-0.05, 0) is 82.9 Å². The number of para-hydroxylation sites is 4. The molecule has 3 heterocycles. The Bertz CT molecular complexity index is 3770. The van der Waals surface area contributed by atoms with Crippen LogP contribution in [-0.2, 0) is 0 Å². The molecule has 0 bridgehead atoms. The van der Waals surface area contributed by atoms with E-state index < -0.39 is 0 Å². The monoisotopic (exact) mass is 756 g/mol. The lowest BCUT2D eigenvalue weighted by atomic mass is 10.0. The number of benzene rings is 9. The highest BCUT2D eigenvalue weighted by atomic mass is 16.3. The summed E-state index contributed by atoms with van der Waals surface area (Å²) in [6, 6.07) is 62.7. The van der Waals surface area contributed by atoms with E-state index in [1.54, 1.807) is 0 Å². The molecular weight excluding hydrogens is 725 g/mol. The molecule has 0 aliphatic carbocycles. The van der Waals surface area contributed by atoms with Crippen LogP contribution in [0.2, 0.25) is 0 Å². The second kappa shape index (κ2) is 13.0. The normalized spacial score (nSPS) is 12.7. The van der Waals surface area contributed by atoms with E-state index >= 15 is 0 Å². The number of nitrogens with zero attached hydrogens (tertiary/aromatic N) is 4. The van der Waals surface area contributed by atoms with E-state index in [4.69, 9.17) is 18.8 Å². The SMILES string of the molecule is C=NC(=NC(=Nc1cccc2c1oc1ccccc12)c1ccc(-n2c3ccccc3c3cc4ccccc4cc32)c2oc3ccccc3c12)c1ccc2ccccc2c1. The molecular formula is C53H32N4O2. The summed E-state index contributed by atoms with van der Waals surface area (Å²) in [5.74, 6) is 0.899. The fourth-order valence-corrected chi connectivity index (χ4v) is 8.79. The van der Waals surface area contributed by atoms with Crippen LogP contribution in [0.25, 0.3) is 92.9 Å². The van der Waals surface area contributed by atoms with Crippen molar-refractivity contribution in [1.82, 2.24) is 4.57 Å². The summed E-state index contributed by atoms with van der Waals surface area (Å²) in [7, 11) is 0. The van der Waals surface area contributed by atoms with Gasteiger partial charge < -0.3 is 13.4 Å². The van der Waals surface area contributed by atoms with Gasteiger partial charge >= 0.3 is 0 Å². The molecule has 0 aliphatic rings. The molecule has 0 radical (unpaired) electrons. The van der Waals surface area contributed by atoms with Crippen molar-refractivity contribution in [2.45, 2.75) is 0 Å². The number of rotatable bonds is 4. The van der Waals surface area contributed by atoms with Gasteiger partial charge in [0.25, 0.3) is 0 Å². The number of aliphatic imine (C=N–C) groups is 3. The van der Waals surface area contributed by atoms with Gasteiger partial charge in [-0.15, -0.1) is 0 Å². The number of aromatic nitrogens is 1. The molecule has 0 saturated carbocycles. The lowest BCUT2D eigenvalue weighted by Gasteiger charge is -2.12. The van der Waals surface area contributed by atoms with Crippen LogP contribution in [0.1, 0.15) is 11.1 Å². The average Bonchev–Trinajstić information content (AvgIpc) is 3.97. The lowest BCUT2D eigenvalue weighted by Crippen LogP contribution is -2.06. The molecule has 0 N–H and O–H groups in total. The molecule has 0 saturated heterocycles. The van der Waals surface area contributed by atoms with Gasteiger partial charge in [-0.3, -0.25) is 0 Å². The molecule has 6 heteroatoms. The van der Waals surface area contributed by atoms with Gasteiger partial charge in [0, 0.05) is 43.4 Å². The standard InChI is InChI=1S/C53H32N4O2/c1-54-52(36-26-25-32-13-2-3-14-33(32)29-36)56-53(55-43-21-12-20-39-38-18-7-10-23-47(38)58-50(39)43)41-27-28-45(51-49(41)40-19-8-11-24-48(40)59-51)57-44-22-9-6-17-37(44)42-30-34-15-4-5-16-35(34)31-46(42)57/h2-31H,1H2. The van der Waals surface area contributed by atoms with E-state index in [1.807, 2.05) is 66.7 Å². The van der Waals surface area contributed by atoms with Crippen LogP contribution in [0.4, 0.5) is 5.69 Å². The van der Waals surface area contributed by atoms with Crippen LogP contribution in [0.3, 0.4) is 0 Å². The third-order valence-corrected chi connectivity index (χ3v) is 11.5. The van der Waals surface area contributed by atoms with Crippen molar-refractivity contribution in [1.29, 1.82) is 0 Å². The van der Waals surface area contributed by atoms with Crippen LogP contribution in [-0.4, -0.2) is 23.0 Å². The van der Waals surface area contributed by atoms with Crippen molar-refractivity contribution < 1.29 is 8.83 Å². The Morgan fingerprint density at radius 3 is 1.92 bits per heavy atom. The Hall–Kier alpha value is -8.09. The van der Waals surface area contributed by atoms with Gasteiger partial charge in [-0.2, -0.15) is 0 Å². The third-order valence-electron chi connectivity index (χ3n) is 11.5. The molecule has 3 aromatic heterocycles. The summed E-state index contributed by atoms with van der Waals surface area (Å²) in [5, 5.41) is 10.8. The molecule has 59 heavy (non-hydrogen) atoms. The Kier molecular flexibility index (Phi) is 7.28. The molecule has 9 aromatic carbocycles. The Labute approximate surface area is 337 Å². The summed E-state index contributed by atoms with van der Waals surface area (Å²) < 4.78 is 15.7. The van der Waals surface area contributed by atoms with Crippen LogP contribution in [0, 0.1) is 0 Å². The third kappa shape index (κ3) is 5.17. The van der Waals surface area contributed by atoms with Gasteiger partial charge in [-0.25, -0.2) is 15.0 Å². The summed E-state index contributed by atoms with van der Waals surface area (Å²) >= 11 is 0. The highest BCUT2D eigenvalue weighted by Crippen LogP contribution is 2.42. The van der Waals surface area contributed by atoms with Gasteiger partial charge in [0.05, 0.1) is 16.7 Å². The number of furan rings is 2. The molecule has 12 rings (SSSR count). The summed E-state index contributed by atoms with van der Waals surface area (Å²) in [4.78, 5) is 15.2. The van der Waals surface area contributed by atoms with Crippen LogP contribution in [0.5, 0.6) is 0 Å². The molecule has 12 aromatic rings. The number of fused-ring (bicyclic) bond motifs is 11. The van der Waals surface area contributed by atoms with Crippen molar-refractivity contribution >= 4 is 111 Å². The van der Waals surface area contributed by atoms with Crippen LogP contribution < -0.4 is 0 Å². The zero-order valence-electron chi connectivity index (χ0n) is 31.6. The fourth-order valence-electron chi connectivity index (χ4n) is 8.79. The van der Waals surface area contributed by atoms with E-state index in [0.29, 0.717) is 22.9 Å². The zero-order valence-corrected chi connectivity index (χ0v) is 31.6. The molecule has 0 aliphatic heterocycles. The Morgan fingerprint density at radius 2 is 1.10 bits per heavy atom. The van der Waals surface area contributed by atoms with Crippen molar-refractivity contribution in [3.63, 3.8) is 0 Å². The van der Waals surface area contributed by atoms with E-state index in [2.05, 4.69) is 132 Å². The van der Waals surface area contributed by atoms with E-state index in [-0.39, 0.29) is 0 Å². The minimum Gasteiger partial charge on any atom is -0.454 e. The van der Waals surface area contributed by atoms with Gasteiger partial charge in [0.2, 0.25) is 0 Å². The van der Waals surface area contributed by atoms with E-state index in [1.165, 1.54) is 21.5 Å². The van der Waals surface area contributed by atoms with Crippen molar-refractivity contribution in [2.75, 3.05) is 0 Å². The molecule has 0 amide bonds. The number of amidine groups is 2. The smallest absolute Gasteiger partial charge is 0.163 e. The van der Waals surface area contributed by atoms with E-state index in [0.717, 1.165) is 76.9 Å². The zero-order chi connectivity index (χ0) is 39.0. The van der Waals surface area contributed by atoms with Crippen molar-refractivity contribution in [3.05, 3.63) is 193 Å². The van der Waals surface area contributed by atoms with Crippen molar-refractivity contribution in [2.24, 2.45) is 15.0 Å². The summed E-state index contributed by atoms with van der Waals surface area (Å²) in [6.07, 6.45) is 0. The maximum Gasteiger partial charge on any atom is 0.163 e. The first-order chi connectivity index (χ1) is 29.2. The highest BCUT2D eigenvalue weighted by molar-refractivity contribution is 6.24. The van der Waals surface area contributed by atoms with Crippen LogP contribution >= 0.6 is 0 Å². The highest BCUT2D eigenvalue weighted by Gasteiger charge is 2.23. The first kappa shape index (κ1) is 33.1. The van der Waals surface area contributed by atoms with Crippen molar-refractivity contribution in [3.8, 4) is 5.69 Å². The lowest BCUT2D eigenvalue weighted by molar-refractivity contribution is 0.666. The molecule has 0 fully saturated rings. The molecule has 276 valence electrons. The molecule has 0 spiro atoms. The number of hydrogen-bond donors (Lipinski definition) is 0. The number of hydrogen-bond acceptors (Lipinski definition) is 3. The summed E-state index contributed by atoms with van der Waals surface area (Å²) in [5.41, 5.74) is 8.34. The second-order valence-electron chi connectivity index (χ2n) is 14.8. The Balaban J connectivity index is 1.17. The minimum absolute atomic E-state index is 0.449. The maximum absolute atomic E-state index is 6.93. The Morgan fingerprint density at radius 1 is 0.458 bits per heavy atom. The molecule has 6 nitrogen and oxygen atoms in total. The minimum atomic E-state index is 0.449. The van der Waals surface area contributed by atoms with Gasteiger partial charge in [-0.1, -0.05) is 127 Å². The fraction of sp³-hybridized carbons (Fsp3) is 0. The van der Waals surface area contributed by atoms with Crippen LogP contribution in [0.15, 0.2) is 206 Å². The van der Waals surface area contributed by atoms with E-state index in [9.17, 15) is 0 Å². The van der Waals surface area contributed by atoms with Gasteiger partial charge in [0.1, 0.15) is 16.9 Å². The quantitative estimate of drug-likeness (QED) is 0.133. The second-order valence-corrected chi connectivity index (χ2v) is 14.8. The first-order valence-corrected chi connectivity index (χ1v) is 19.6. The van der Waals surface area contributed by atoms with Gasteiger partial charge in [0.15, 0.2) is 22.8 Å². The molecule has 0 atom stereocenters. The molecule has 0 unspecified atom stereocenters. The topological polar surface area (TPSA) is 68.3 Å². The largest absolute Gasteiger partial charge is 0.454 e. The summed E-state index contributed by atoms with van der Waals surface area (Å²) in [6.45, 7) is 4.00. The first-order valence-electron chi connectivity index (χ1n) is 19.6. The average molecular weight is 757 g/mol. The predicted octanol–water partition coefficient (Wildman–Crippen LogP) is 14.1. The maximum atomic E-state index is 6.93. The predicted molar refractivity (Wildman–Crippen MR) is 246 cm³/mol.